The number of amides is 2. The molecule has 0 aliphatic rings. The molecule has 0 unspecified atom stereocenters. The zero-order valence-corrected chi connectivity index (χ0v) is 13.7. The Hall–Kier alpha value is -1.10. The van der Waals surface area contributed by atoms with Crippen LogP contribution in [0, 0.1) is 5.41 Å². The first kappa shape index (κ1) is 18.9. The van der Waals surface area contributed by atoms with Gasteiger partial charge in [-0.3, -0.25) is 9.59 Å². The molecule has 0 aromatic rings. The molecule has 5 nitrogen and oxygen atoms in total. The minimum atomic E-state index is 0.0273. The Kier molecular flexibility index (Phi) is 9.21. The molecule has 118 valence electrons. The second-order valence-electron chi connectivity index (χ2n) is 6.49. The highest BCUT2D eigenvalue weighted by atomic mass is 16.2. The predicted octanol–water partition coefficient (Wildman–Crippen LogP) is 1.39. The number of likely N-dealkylation sites (N-methyl/N-ethyl adjacent to an activating group) is 1. The fraction of sp³-hybridized carbons (Fsp3) is 0.867. The summed E-state index contributed by atoms with van der Waals surface area (Å²) in [7, 11) is 1.99. The van der Waals surface area contributed by atoms with E-state index in [2.05, 4.69) is 36.3 Å². The molecule has 0 spiro atoms. The molecule has 0 aliphatic heterocycles. The van der Waals surface area contributed by atoms with Crippen molar-refractivity contribution in [1.82, 2.24) is 15.5 Å². The van der Waals surface area contributed by atoms with Gasteiger partial charge in [-0.15, -0.1) is 0 Å². The average molecular weight is 285 g/mol. The van der Waals surface area contributed by atoms with Gasteiger partial charge in [-0.05, 0) is 18.9 Å². The van der Waals surface area contributed by atoms with Gasteiger partial charge in [0, 0.05) is 39.0 Å². The highest BCUT2D eigenvalue weighted by Crippen LogP contribution is 2.17. The Labute approximate surface area is 123 Å². The lowest BCUT2D eigenvalue weighted by atomic mass is 9.92. The van der Waals surface area contributed by atoms with Crippen LogP contribution in [0.4, 0.5) is 0 Å². The fourth-order valence-electron chi connectivity index (χ4n) is 1.74. The molecule has 2 amide bonds. The van der Waals surface area contributed by atoms with Gasteiger partial charge in [-0.1, -0.05) is 27.7 Å². The van der Waals surface area contributed by atoms with E-state index in [1.807, 2.05) is 14.0 Å². The minimum Gasteiger partial charge on any atom is -0.355 e. The third-order valence-electron chi connectivity index (χ3n) is 2.80. The number of rotatable bonds is 9. The summed E-state index contributed by atoms with van der Waals surface area (Å²) in [6.45, 7) is 11.0. The maximum absolute atomic E-state index is 11.6. The number of hydrogen-bond acceptors (Lipinski definition) is 3. The van der Waals surface area contributed by atoms with Crippen LogP contribution in [0.3, 0.4) is 0 Å². The van der Waals surface area contributed by atoms with Crippen molar-refractivity contribution in [3.8, 4) is 0 Å². The zero-order valence-electron chi connectivity index (χ0n) is 13.7. The second-order valence-corrected chi connectivity index (χ2v) is 6.49. The summed E-state index contributed by atoms with van der Waals surface area (Å²) in [6.07, 6.45) is 2.01. The molecule has 0 saturated heterocycles. The molecule has 0 aromatic heterocycles. The Morgan fingerprint density at radius 2 is 1.50 bits per heavy atom. The Morgan fingerprint density at radius 1 is 1.00 bits per heavy atom. The van der Waals surface area contributed by atoms with Crippen molar-refractivity contribution in [2.75, 3.05) is 33.2 Å². The van der Waals surface area contributed by atoms with E-state index in [0.717, 1.165) is 19.5 Å². The predicted molar refractivity (Wildman–Crippen MR) is 82.5 cm³/mol. The molecule has 0 bridgehead atoms. The van der Waals surface area contributed by atoms with Crippen molar-refractivity contribution in [2.24, 2.45) is 5.41 Å². The van der Waals surface area contributed by atoms with E-state index in [9.17, 15) is 9.59 Å². The molecule has 0 fully saturated rings. The highest BCUT2D eigenvalue weighted by molar-refractivity contribution is 5.76. The van der Waals surface area contributed by atoms with Crippen LogP contribution < -0.4 is 10.6 Å². The third kappa shape index (κ3) is 12.0. The van der Waals surface area contributed by atoms with Gasteiger partial charge in [0.15, 0.2) is 0 Å². The van der Waals surface area contributed by atoms with E-state index in [4.69, 9.17) is 0 Å². The molecule has 0 atom stereocenters. The van der Waals surface area contributed by atoms with Crippen LogP contribution in [0.15, 0.2) is 0 Å². The summed E-state index contributed by atoms with van der Waals surface area (Å²) in [6, 6.07) is 0. The SMILES string of the molecule is CCCC(=O)NCCN(C)CCNC(=O)CC(C)(C)C. The van der Waals surface area contributed by atoms with Crippen molar-refractivity contribution < 1.29 is 9.59 Å². The summed E-state index contributed by atoms with van der Waals surface area (Å²) < 4.78 is 0. The van der Waals surface area contributed by atoms with Crippen molar-refractivity contribution in [2.45, 2.75) is 47.0 Å². The van der Waals surface area contributed by atoms with Crippen LogP contribution in [-0.2, 0) is 9.59 Å². The standard InChI is InChI=1S/C15H31N3O2/c1-6-7-13(19)16-8-10-18(5)11-9-17-14(20)12-15(2,3)4/h6-12H2,1-5H3,(H,16,19)(H,17,20). The number of hydrogen-bond donors (Lipinski definition) is 2. The van der Waals surface area contributed by atoms with Gasteiger partial charge in [-0.2, -0.15) is 0 Å². The van der Waals surface area contributed by atoms with Gasteiger partial charge in [0.1, 0.15) is 0 Å². The fourth-order valence-corrected chi connectivity index (χ4v) is 1.74. The van der Waals surface area contributed by atoms with E-state index in [1.165, 1.54) is 0 Å². The van der Waals surface area contributed by atoms with Gasteiger partial charge in [0.05, 0.1) is 0 Å². The molecule has 20 heavy (non-hydrogen) atoms. The lowest BCUT2D eigenvalue weighted by Gasteiger charge is -2.19. The topological polar surface area (TPSA) is 61.4 Å². The molecule has 5 heteroatoms. The number of nitrogens with one attached hydrogen (secondary N) is 2. The van der Waals surface area contributed by atoms with Crippen molar-refractivity contribution >= 4 is 11.8 Å². The molecule has 0 saturated carbocycles. The molecule has 2 N–H and O–H groups in total. The first-order valence-electron chi connectivity index (χ1n) is 7.46. The van der Waals surface area contributed by atoms with Gasteiger partial charge in [-0.25, -0.2) is 0 Å². The van der Waals surface area contributed by atoms with Gasteiger partial charge in [0.2, 0.25) is 11.8 Å². The molecule has 0 heterocycles. The van der Waals surface area contributed by atoms with Crippen molar-refractivity contribution in [1.29, 1.82) is 0 Å². The van der Waals surface area contributed by atoms with E-state index in [-0.39, 0.29) is 17.2 Å². The third-order valence-corrected chi connectivity index (χ3v) is 2.80. The van der Waals surface area contributed by atoms with Crippen LogP contribution >= 0.6 is 0 Å². The van der Waals surface area contributed by atoms with Gasteiger partial charge < -0.3 is 15.5 Å². The minimum absolute atomic E-state index is 0.0273. The summed E-state index contributed by atoms with van der Waals surface area (Å²) in [5.41, 5.74) is 0.0273. The normalized spacial score (nSPS) is 11.5. The molecular weight excluding hydrogens is 254 g/mol. The van der Waals surface area contributed by atoms with Crippen molar-refractivity contribution in [3.05, 3.63) is 0 Å². The van der Waals surface area contributed by atoms with Crippen LogP contribution in [0.1, 0.15) is 47.0 Å². The highest BCUT2D eigenvalue weighted by Gasteiger charge is 2.15. The van der Waals surface area contributed by atoms with Crippen LogP contribution in [0.25, 0.3) is 0 Å². The number of carbonyl (C=O) groups is 2. The quantitative estimate of drug-likeness (QED) is 0.673. The van der Waals surface area contributed by atoms with E-state index < -0.39 is 0 Å². The molecular formula is C15H31N3O2. The van der Waals surface area contributed by atoms with Crippen LogP contribution in [0.2, 0.25) is 0 Å². The van der Waals surface area contributed by atoms with Gasteiger partial charge in [0.25, 0.3) is 0 Å². The van der Waals surface area contributed by atoms with Crippen molar-refractivity contribution in [3.63, 3.8) is 0 Å². The van der Waals surface area contributed by atoms with E-state index in [0.29, 0.717) is 25.9 Å². The molecule has 0 aliphatic carbocycles. The Bertz CT molecular complexity index is 298. The van der Waals surface area contributed by atoms with Gasteiger partial charge >= 0.3 is 0 Å². The first-order chi connectivity index (χ1) is 9.24. The summed E-state index contributed by atoms with van der Waals surface area (Å²) >= 11 is 0. The summed E-state index contributed by atoms with van der Waals surface area (Å²) in [5, 5.41) is 5.80. The van der Waals surface area contributed by atoms with E-state index in [1.54, 1.807) is 0 Å². The number of nitrogens with zero attached hydrogens (tertiary/aromatic N) is 1. The van der Waals surface area contributed by atoms with Crippen LogP contribution in [0.5, 0.6) is 0 Å². The largest absolute Gasteiger partial charge is 0.355 e. The molecule has 0 rings (SSSR count). The summed E-state index contributed by atoms with van der Waals surface area (Å²) in [5.74, 6) is 0.210. The lowest BCUT2D eigenvalue weighted by molar-refractivity contribution is -0.123. The molecule has 0 radical (unpaired) electrons. The zero-order chi connectivity index (χ0) is 15.6. The smallest absolute Gasteiger partial charge is 0.220 e. The number of carbonyl (C=O) groups excluding carboxylic acids is 2. The maximum Gasteiger partial charge on any atom is 0.220 e. The first-order valence-corrected chi connectivity index (χ1v) is 7.46. The molecule has 0 aromatic carbocycles. The average Bonchev–Trinajstić information content (AvgIpc) is 2.26. The Balaban J connectivity index is 3.61. The summed E-state index contributed by atoms with van der Waals surface area (Å²) in [4.78, 5) is 25.0. The lowest BCUT2D eigenvalue weighted by Crippen LogP contribution is -2.38. The van der Waals surface area contributed by atoms with E-state index >= 15 is 0 Å². The second kappa shape index (κ2) is 9.75. The van der Waals surface area contributed by atoms with Crippen LogP contribution in [-0.4, -0.2) is 49.9 Å². The maximum atomic E-state index is 11.6. The Morgan fingerprint density at radius 3 is 1.95 bits per heavy atom. The monoisotopic (exact) mass is 285 g/mol.